The number of halogens is 4. The Kier molecular flexibility index (Phi) is 6.47. The maximum absolute atomic E-state index is 12.5. The van der Waals surface area contributed by atoms with Crippen molar-refractivity contribution in [1.29, 1.82) is 0 Å². The largest absolute Gasteiger partial charge is 0.573 e. The highest BCUT2D eigenvalue weighted by molar-refractivity contribution is 6.34. The Morgan fingerprint density at radius 3 is 2.71 bits per heavy atom. The first-order valence-corrected chi connectivity index (χ1v) is 10.6. The molecule has 1 aliphatic heterocycles. The zero-order valence-corrected chi connectivity index (χ0v) is 19.0. The average Bonchev–Trinajstić information content (AvgIpc) is 2.77. The first-order valence-electron chi connectivity index (χ1n) is 10.2. The number of aromatic nitrogens is 3. The highest BCUT2D eigenvalue weighted by Gasteiger charge is 2.31. The standard InChI is InChI=1S/C22H20ClF3N6O2/c1-12-18(6-5-17(23)19(12)29-13(2)33)30-20-27-11-28-21(31-20)32-8-7-14-9-16(34-22(24,25)26)4-3-15(14)10-32/h3-6,9,11H,7-8,10H2,1-2H3,(H,29,33)(H,27,28,30,31). The van der Waals surface area contributed by atoms with Gasteiger partial charge in [-0.1, -0.05) is 17.7 Å². The lowest BCUT2D eigenvalue weighted by Gasteiger charge is -2.29. The van der Waals surface area contributed by atoms with Crippen molar-refractivity contribution >= 4 is 40.8 Å². The number of nitrogens with one attached hydrogen (secondary N) is 2. The minimum atomic E-state index is -4.73. The number of amides is 1. The summed E-state index contributed by atoms with van der Waals surface area (Å²) in [6, 6.07) is 7.74. The summed E-state index contributed by atoms with van der Waals surface area (Å²) in [6.07, 6.45) is -2.84. The molecule has 0 fully saturated rings. The van der Waals surface area contributed by atoms with Crippen molar-refractivity contribution in [3.8, 4) is 5.75 Å². The zero-order chi connectivity index (χ0) is 24.5. The second-order valence-electron chi connectivity index (χ2n) is 7.66. The van der Waals surface area contributed by atoms with Crippen LogP contribution in [0.3, 0.4) is 0 Å². The van der Waals surface area contributed by atoms with Crippen LogP contribution >= 0.6 is 11.6 Å². The number of rotatable bonds is 5. The van der Waals surface area contributed by atoms with Gasteiger partial charge in [-0.15, -0.1) is 13.2 Å². The van der Waals surface area contributed by atoms with Crippen LogP contribution in [0, 0.1) is 6.92 Å². The highest BCUT2D eigenvalue weighted by Crippen LogP contribution is 2.33. The molecule has 34 heavy (non-hydrogen) atoms. The summed E-state index contributed by atoms with van der Waals surface area (Å²) in [7, 11) is 0. The van der Waals surface area contributed by atoms with Gasteiger partial charge in [-0.2, -0.15) is 4.98 Å². The number of benzene rings is 2. The van der Waals surface area contributed by atoms with Crippen molar-refractivity contribution in [2.24, 2.45) is 0 Å². The molecule has 1 aromatic heterocycles. The fourth-order valence-corrected chi connectivity index (χ4v) is 3.91. The van der Waals surface area contributed by atoms with Crippen LogP contribution in [0.1, 0.15) is 23.6 Å². The molecule has 0 aliphatic carbocycles. The van der Waals surface area contributed by atoms with E-state index in [2.05, 4.69) is 30.3 Å². The van der Waals surface area contributed by atoms with Gasteiger partial charge in [0.15, 0.2) is 0 Å². The van der Waals surface area contributed by atoms with E-state index < -0.39 is 6.36 Å². The molecule has 0 unspecified atom stereocenters. The van der Waals surface area contributed by atoms with E-state index in [1.807, 2.05) is 4.90 Å². The number of ether oxygens (including phenoxy) is 1. The Labute approximate surface area is 198 Å². The van der Waals surface area contributed by atoms with Crippen LogP contribution in [-0.2, 0) is 17.8 Å². The third-order valence-corrected chi connectivity index (χ3v) is 5.54. The molecule has 4 rings (SSSR count). The van der Waals surface area contributed by atoms with Gasteiger partial charge in [0.1, 0.15) is 12.1 Å². The molecule has 0 atom stereocenters. The molecular weight excluding hydrogens is 473 g/mol. The Balaban J connectivity index is 1.51. The van der Waals surface area contributed by atoms with Gasteiger partial charge in [-0.05, 0) is 54.3 Å². The van der Waals surface area contributed by atoms with Crippen molar-refractivity contribution in [3.63, 3.8) is 0 Å². The number of anilines is 4. The molecule has 12 heteroatoms. The van der Waals surface area contributed by atoms with E-state index in [4.69, 9.17) is 11.6 Å². The Hall–Kier alpha value is -3.60. The van der Waals surface area contributed by atoms with Gasteiger partial charge in [-0.3, -0.25) is 4.79 Å². The van der Waals surface area contributed by atoms with Gasteiger partial charge in [0.05, 0.1) is 10.7 Å². The molecule has 3 aromatic rings. The van der Waals surface area contributed by atoms with Crippen LogP contribution in [-0.4, -0.2) is 33.8 Å². The van der Waals surface area contributed by atoms with Crippen molar-refractivity contribution in [1.82, 2.24) is 15.0 Å². The Bertz CT molecular complexity index is 1240. The molecule has 0 radical (unpaired) electrons. The third-order valence-electron chi connectivity index (χ3n) is 5.23. The van der Waals surface area contributed by atoms with E-state index in [9.17, 15) is 18.0 Å². The number of fused-ring (bicyclic) bond motifs is 1. The van der Waals surface area contributed by atoms with E-state index in [0.29, 0.717) is 53.4 Å². The Morgan fingerprint density at radius 1 is 1.18 bits per heavy atom. The molecule has 1 amide bonds. The lowest BCUT2D eigenvalue weighted by molar-refractivity contribution is -0.274. The first kappa shape index (κ1) is 23.6. The van der Waals surface area contributed by atoms with Crippen LogP contribution in [0.25, 0.3) is 0 Å². The molecule has 0 spiro atoms. The molecule has 2 aromatic carbocycles. The number of nitrogens with zero attached hydrogens (tertiary/aromatic N) is 4. The minimum Gasteiger partial charge on any atom is -0.406 e. The summed E-state index contributed by atoms with van der Waals surface area (Å²) in [5.74, 6) is 0.242. The van der Waals surface area contributed by atoms with Gasteiger partial charge >= 0.3 is 6.36 Å². The summed E-state index contributed by atoms with van der Waals surface area (Å²) in [5, 5.41) is 6.24. The Morgan fingerprint density at radius 2 is 1.97 bits per heavy atom. The van der Waals surface area contributed by atoms with Gasteiger partial charge in [-0.25, -0.2) is 9.97 Å². The predicted molar refractivity (Wildman–Crippen MR) is 121 cm³/mol. The van der Waals surface area contributed by atoms with Crippen LogP contribution in [0.4, 0.5) is 36.4 Å². The maximum atomic E-state index is 12.5. The number of hydrogen-bond acceptors (Lipinski definition) is 7. The average molecular weight is 493 g/mol. The summed E-state index contributed by atoms with van der Waals surface area (Å²) >= 11 is 6.20. The van der Waals surface area contributed by atoms with Crippen LogP contribution in [0.2, 0.25) is 5.02 Å². The summed E-state index contributed by atoms with van der Waals surface area (Å²) in [6.45, 7) is 4.14. The van der Waals surface area contributed by atoms with E-state index in [-0.39, 0.29) is 11.7 Å². The van der Waals surface area contributed by atoms with Crippen molar-refractivity contribution < 1.29 is 22.7 Å². The number of carbonyl (C=O) groups excluding carboxylic acids is 1. The molecule has 1 aliphatic rings. The quantitative estimate of drug-likeness (QED) is 0.518. The molecule has 0 saturated heterocycles. The van der Waals surface area contributed by atoms with Gasteiger partial charge in [0.25, 0.3) is 0 Å². The van der Waals surface area contributed by atoms with E-state index in [1.54, 1.807) is 25.1 Å². The lowest BCUT2D eigenvalue weighted by Crippen LogP contribution is -2.32. The predicted octanol–water partition coefficient (Wildman–Crippen LogP) is 5.00. The van der Waals surface area contributed by atoms with Crippen LogP contribution in [0.15, 0.2) is 36.7 Å². The topological polar surface area (TPSA) is 92.3 Å². The molecular formula is C22H20ClF3N6O2. The lowest BCUT2D eigenvalue weighted by atomic mass is 10.00. The smallest absolute Gasteiger partial charge is 0.406 e. The van der Waals surface area contributed by atoms with Gasteiger partial charge in [0.2, 0.25) is 17.8 Å². The third kappa shape index (κ3) is 5.48. The number of hydrogen-bond donors (Lipinski definition) is 2. The summed E-state index contributed by atoms with van der Waals surface area (Å²) < 4.78 is 41.5. The molecule has 0 bridgehead atoms. The van der Waals surface area contributed by atoms with Crippen molar-refractivity contribution in [2.75, 3.05) is 22.1 Å². The number of alkyl halides is 3. The van der Waals surface area contributed by atoms with Crippen molar-refractivity contribution in [2.45, 2.75) is 33.2 Å². The minimum absolute atomic E-state index is 0.233. The molecule has 0 saturated carbocycles. The second-order valence-corrected chi connectivity index (χ2v) is 8.07. The fraction of sp³-hybridized carbons (Fsp3) is 0.273. The molecule has 2 N–H and O–H groups in total. The molecule has 8 nitrogen and oxygen atoms in total. The van der Waals surface area contributed by atoms with E-state index >= 15 is 0 Å². The van der Waals surface area contributed by atoms with E-state index in [1.165, 1.54) is 25.4 Å². The van der Waals surface area contributed by atoms with Gasteiger partial charge < -0.3 is 20.3 Å². The maximum Gasteiger partial charge on any atom is 0.573 e. The fourth-order valence-electron chi connectivity index (χ4n) is 3.66. The molecule has 2 heterocycles. The monoisotopic (exact) mass is 492 g/mol. The summed E-state index contributed by atoms with van der Waals surface area (Å²) in [5.41, 5.74) is 3.52. The second kappa shape index (κ2) is 9.34. The van der Waals surface area contributed by atoms with E-state index in [0.717, 1.165) is 11.1 Å². The highest BCUT2D eigenvalue weighted by atomic mass is 35.5. The normalized spacial score (nSPS) is 13.3. The molecule has 178 valence electrons. The number of carbonyl (C=O) groups is 1. The first-order chi connectivity index (χ1) is 16.1. The zero-order valence-electron chi connectivity index (χ0n) is 18.2. The van der Waals surface area contributed by atoms with Gasteiger partial charge in [0, 0.05) is 25.7 Å². The van der Waals surface area contributed by atoms with Crippen molar-refractivity contribution in [3.05, 3.63) is 58.4 Å². The van der Waals surface area contributed by atoms with Crippen LogP contribution in [0.5, 0.6) is 5.75 Å². The SMILES string of the molecule is CC(=O)Nc1c(Cl)ccc(Nc2ncnc(N3CCc4cc(OC(F)(F)F)ccc4C3)n2)c1C. The van der Waals surface area contributed by atoms with Crippen LogP contribution < -0.4 is 20.3 Å². The summed E-state index contributed by atoms with van der Waals surface area (Å²) in [4.78, 5) is 26.3.